The van der Waals surface area contributed by atoms with Crippen LogP contribution in [0, 0.1) is 0 Å². The Balaban J connectivity index is 0.00000324. The Kier molecular flexibility index (Phi) is 10.5. The highest BCUT2D eigenvalue weighted by Crippen LogP contribution is 2.00. The number of ether oxygens (including phenoxy) is 2. The van der Waals surface area contributed by atoms with E-state index in [1.165, 1.54) is 7.11 Å². The van der Waals surface area contributed by atoms with Crippen LogP contribution in [0.5, 0.6) is 0 Å². The molecule has 1 rings (SSSR count). The van der Waals surface area contributed by atoms with Crippen molar-refractivity contribution in [1.82, 2.24) is 10.6 Å². The van der Waals surface area contributed by atoms with Gasteiger partial charge in [0.2, 0.25) is 5.91 Å². The van der Waals surface area contributed by atoms with E-state index in [4.69, 9.17) is 4.74 Å². The van der Waals surface area contributed by atoms with Crippen molar-refractivity contribution in [3.8, 4) is 0 Å². The smallest absolute Gasteiger partial charge is 0.305 e. The van der Waals surface area contributed by atoms with Gasteiger partial charge >= 0.3 is 5.97 Å². The first-order chi connectivity index (χ1) is 8.74. The minimum absolute atomic E-state index is 0. The number of halogens is 1. The molecule has 1 unspecified atom stereocenters. The summed E-state index contributed by atoms with van der Waals surface area (Å²) in [6.45, 7) is 2.46. The predicted octanol–water partition coefficient (Wildman–Crippen LogP) is 0.246. The first-order valence-corrected chi connectivity index (χ1v) is 6.39. The lowest BCUT2D eigenvalue weighted by molar-refractivity contribution is -0.140. The largest absolute Gasteiger partial charge is 0.469 e. The van der Waals surface area contributed by atoms with E-state index in [1.807, 2.05) is 0 Å². The van der Waals surface area contributed by atoms with Gasteiger partial charge in [0.1, 0.15) is 6.04 Å². The van der Waals surface area contributed by atoms with Crippen molar-refractivity contribution >= 4 is 24.3 Å². The van der Waals surface area contributed by atoms with Crippen molar-refractivity contribution in [1.29, 1.82) is 0 Å². The van der Waals surface area contributed by atoms with Crippen molar-refractivity contribution in [2.24, 2.45) is 0 Å². The summed E-state index contributed by atoms with van der Waals surface area (Å²) >= 11 is 0. The molecule has 0 aliphatic carbocycles. The molecule has 0 radical (unpaired) electrons. The second-order valence-corrected chi connectivity index (χ2v) is 4.26. The van der Waals surface area contributed by atoms with E-state index in [1.54, 1.807) is 0 Å². The molecule has 2 N–H and O–H groups in total. The summed E-state index contributed by atoms with van der Waals surface area (Å²) in [7, 11) is 1.39. The van der Waals surface area contributed by atoms with Crippen molar-refractivity contribution in [2.45, 2.75) is 31.7 Å². The van der Waals surface area contributed by atoms with Crippen molar-refractivity contribution in [2.75, 3.05) is 33.4 Å². The molecule has 6 nitrogen and oxygen atoms in total. The molecule has 1 fully saturated rings. The Morgan fingerprint density at radius 1 is 1.37 bits per heavy atom. The molecule has 1 aliphatic heterocycles. The number of esters is 1. The van der Waals surface area contributed by atoms with Gasteiger partial charge in [0.05, 0.1) is 20.3 Å². The minimum Gasteiger partial charge on any atom is -0.469 e. The summed E-state index contributed by atoms with van der Waals surface area (Å²) in [5.41, 5.74) is 0. The highest BCUT2D eigenvalue weighted by molar-refractivity contribution is 5.85. The topological polar surface area (TPSA) is 76.7 Å². The summed E-state index contributed by atoms with van der Waals surface area (Å²) in [4.78, 5) is 22.5. The van der Waals surface area contributed by atoms with Crippen LogP contribution in [-0.2, 0) is 19.1 Å². The molecule has 0 aromatic rings. The van der Waals surface area contributed by atoms with E-state index in [-0.39, 0.29) is 30.3 Å². The predicted molar refractivity (Wildman–Crippen MR) is 73.4 cm³/mol. The number of morpholine rings is 1. The van der Waals surface area contributed by atoms with Gasteiger partial charge in [-0.05, 0) is 12.8 Å². The Labute approximate surface area is 120 Å². The molecular formula is C12H23ClN2O4. The minimum atomic E-state index is -0.228. The molecule has 0 aromatic heterocycles. The maximum absolute atomic E-state index is 11.7. The second kappa shape index (κ2) is 11.0. The number of carbonyl (C=O) groups is 2. The third kappa shape index (κ3) is 8.02. The molecule has 112 valence electrons. The Bertz CT molecular complexity index is 270. The average molecular weight is 295 g/mol. The van der Waals surface area contributed by atoms with Gasteiger partial charge in [-0.2, -0.15) is 0 Å². The van der Waals surface area contributed by atoms with Gasteiger partial charge in [-0.3, -0.25) is 9.59 Å². The molecule has 1 amide bonds. The third-order valence-electron chi connectivity index (χ3n) is 2.82. The fourth-order valence-electron chi connectivity index (χ4n) is 1.74. The van der Waals surface area contributed by atoms with Crippen LogP contribution in [-0.4, -0.2) is 51.3 Å². The highest BCUT2D eigenvalue weighted by Gasteiger charge is 2.20. The number of hydrogen-bond donors (Lipinski definition) is 2. The van der Waals surface area contributed by atoms with Gasteiger partial charge in [0, 0.05) is 19.5 Å². The van der Waals surface area contributed by atoms with E-state index < -0.39 is 0 Å². The zero-order valence-electron chi connectivity index (χ0n) is 11.3. The summed E-state index contributed by atoms with van der Waals surface area (Å²) in [6, 6.07) is -0.228. The number of rotatable bonds is 7. The van der Waals surface area contributed by atoms with Gasteiger partial charge in [-0.15, -0.1) is 12.4 Å². The summed E-state index contributed by atoms with van der Waals surface area (Å²) < 4.78 is 9.76. The number of carbonyl (C=O) groups excluding carboxylic acids is 2. The molecule has 1 saturated heterocycles. The van der Waals surface area contributed by atoms with E-state index in [9.17, 15) is 9.59 Å². The molecule has 1 aliphatic rings. The molecule has 19 heavy (non-hydrogen) atoms. The van der Waals surface area contributed by atoms with E-state index in [0.717, 1.165) is 25.8 Å². The highest BCUT2D eigenvalue weighted by atomic mass is 35.5. The monoisotopic (exact) mass is 294 g/mol. The lowest BCUT2D eigenvalue weighted by atomic mass is 10.2. The number of hydrogen-bond acceptors (Lipinski definition) is 5. The molecule has 0 aromatic carbocycles. The molecule has 0 spiro atoms. The molecule has 0 bridgehead atoms. The Morgan fingerprint density at radius 3 is 2.79 bits per heavy atom. The molecular weight excluding hydrogens is 272 g/mol. The van der Waals surface area contributed by atoms with E-state index in [2.05, 4.69) is 15.4 Å². The average Bonchev–Trinajstić information content (AvgIpc) is 2.43. The van der Waals surface area contributed by atoms with E-state index in [0.29, 0.717) is 26.2 Å². The van der Waals surface area contributed by atoms with Crippen LogP contribution in [0.25, 0.3) is 0 Å². The van der Waals surface area contributed by atoms with E-state index >= 15 is 0 Å². The Hall–Kier alpha value is -0.850. The fourth-order valence-corrected chi connectivity index (χ4v) is 1.74. The van der Waals surface area contributed by atoms with Crippen LogP contribution in [0.1, 0.15) is 25.7 Å². The van der Waals surface area contributed by atoms with Crippen molar-refractivity contribution < 1.29 is 19.1 Å². The van der Waals surface area contributed by atoms with Crippen LogP contribution >= 0.6 is 12.4 Å². The summed E-state index contributed by atoms with van der Waals surface area (Å²) in [5, 5.41) is 5.95. The summed E-state index contributed by atoms with van der Waals surface area (Å²) in [6.07, 6.45) is 3.02. The lowest BCUT2D eigenvalue weighted by Gasteiger charge is -2.22. The molecule has 1 heterocycles. The van der Waals surface area contributed by atoms with Crippen LogP contribution in [0.4, 0.5) is 0 Å². The van der Waals surface area contributed by atoms with Crippen molar-refractivity contribution in [3.05, 3.63) is 0 Å². The normalized spacial score (nSPS) is 18.3. The summed E-state index contributed by atoms with van der Waals surface area (Å²) in [5.74, 6) is -0.190. The third-order valence-corrected chi connectivity index (χ3v) is 2.82. The molecule has 7 heteroatoms. The second-order valence-electron chi connectivity index (χ2n) is 4.26. The Morgan fingerprint density at radius 2 is 2.16 bits per heavy atom. The van der Waals surface area contributed by atoms with Gasteiger partial charge in [0.25, 0.3) is 0 Å². The number of amides is 1. The first kappa shape index (κ1) is 18.1. The van der Waals surface area contributed by atoms with Gasteiger partial charge in [-0.25, -0.2) is 0 Å². The number of methoxy groups -OCH3 is 1. The fraction of sp³-hybridized carbons (Fsp3) is 0.833. The molecule has 0 saturated carbocycles. The maximum atomic E-state index is 11.7. The van der Waals surface area contributed by atoms with Crippen LogP contribution in [0.3, 0.4) is 0 Å². The quantitative estimate of drug-likeness (QED) is 0.520. The number of unbranched alkanes of at least 4 members (excludes halogenated alkanes) is 2. The van der Waals surface area contributed by atoms with Gasteiger partial charge in [0.15, 0.2) is 0 Å². The van der Waals surface area contributed by atoms with Gasteiger partial charge < -0.3 is 20.1 Å². The zero-order valence-corrected chi connectivity index (χ0v) is 12.1. The SMILES string of the molecule is COC(=O)CCCCCNC(=O)C1COCCN1.Cl. The van der Waals surface area contributed by atoms with Crippen LogP contribution in [0.2, 0.25) is 0 Å². The zero-order chi connectivity index (χ0) is 13.2. The lowest BCUT2D eigenvalue weighted by Crippen LogP contribution is -2.51. The van der Waals surface area contributed by atoms with Crippen LogP contribution in [0.15, 0.2) is 0 Å². The van der Waals surface area contributed by atoms with Gasteiger partial charge in [-0.1, -0.05) is 6.42 Å². The standard InChI is InChI=1S/C12H22N2O4.ClH/c1-17-11(15)5-3-2-4-6-14-12(16)10-9-18-8-7-13-10;/h10,13H,2-9H2,1H3,(H,14,16);1H. The maximum Gasteiger partial charge on any atom is 0.305 e. The number of nitrogens with one attached hydrogen (secondary N) is 2. The van der Waals surface area contributed by atoms with Crippen LogP contribution < -0.4 is 10.6 Å². The first-order valence-electron chi connectivity index (χ1n) is 6.39. The molecule has 1 atom stereocenters. The van der Waals surface area contributed by atoms with Crippen molar-refractivity contribution in [3.63, 3.8) is 0 Å².